The summed E-state index contributed by atoms with van der Waals surface area (Å²) in [6.07, 6.45) is 4.95. The first-order valence-corrected chi connectivity index (χ1v) is 4.49. The zero-order valence-electron chi connectivity index (χ0n) is 6.85. The second kappa shape index (κ2) is 9.85. The van der Waals surface area contributed by atoms with Crippen molar-refractivity contribution >= 4 is 47.1 Å². The maximum atomic E-state index is 10.2. The van der Waals surface area contributed by atoms with Crippen molar-refractivity contribution in [3.63, 3.8) is 0 Å². The van der Waals surface area contributed by atoms with E-state index in [1.165, 1.54) is 12.8 Å². The van der Waals surface area contributed by atoms with Gasteiger partial charge in [0.25, 0.3) is 0 Å². The molecule has 0 fully saturated rings. The molecule has 1 N–H and O–H groups in total. The van der Waals surface area contributed by atoms with E-state index >= 15 is 0 Å². The van der Waals surface area contributed by atoms with Crippen LogP contribution in [0.2, 0.25) is 0 Å². The van der Waals surface area contributed by atoms with Crippen LogP contribution in [0, 0.1) is 0 Å². The predicted octanol–water partition coefficient (Wildman–Crippen LogP) is 2.00. The number of halogens is 1. The number of rotatable bonds is 6. The summed E-state index contributed by atoms with van der Waals surface area (Å²) in [5.41, 5.74) is 0. The molecular formula is C8H16ClNaO2. The van der Waals surface area contributed by atoms with E-state index in [1.54, 1.807) is 0 Å². The molecule has 0 aliphatic carbocycles. The van der Waals surface area contributed by atoms with E-state index in [9.17, 15) is 4.79 Å². The van der Waals surface area contributed by atoms with Gasteiger partial charge < -0.3 is 5.11 Å². The van der Waals surface area contributed by atoms with E-state index < -0.39 is 11.3 Å². The monoisotopic (exact) mass is 202 g/mol. The van der Waals surface area contributed by atoms with E-state index in [0.29, 0.717) is 6.42 Å². The van der Waals surface area contributed by atoms with Crippen LogP contribution in [0.25, 0.3) is 0 Å². The summed E-state index contributed by atoms with van der Waals surface area (Å²) in [5, 5.41) is 7.72. The van der Waals surface area contributed by atoms with Crippen molar-refractivity contribution in [2.24, 2.45) is 0 Å². The van der Waals surface area contributed by atoms with Crippen LogP contribution in [0.1, 0.15) is 39.0 Å². The summed E-state index contributed by atoms with van der Waals surface area (Å²) in [4.78, 5) is 10.2. The fourth-order valence-corrected chi connectivity index (χ4v) is 1.03. The Labute approximate surface area is 101 Å². The number of alkyl halides is 1. The number of hydrogen-bond acceptors (Lipinski definition) is 1. The zero-order valence-corrected chi connectivity index (χ0v) is 7.60. The fraction of sp³-hybridized carbons (Fsp3) is 0.875. The van der Waals surface area contributed by atoms with Gasteiger partial charge in [-0.2, -0.15) is 0 Å². The molecule has 0 aromatic rings. The van der Waals surface area contributed by atoms with E-state index in [-0.39, 0.29) is 29.6 Å². The van der Waals surface area contributed by atoms with Crippen molar-refractivity contribution in [1.82, 2.24) is 0 Å². The Hall–Kier alpha value is 0.760. The van der Waals surface area contributed by atoms with Crippen molar-refractivity contribution in [3.8, 4) is 0 Å². The predicted molar refractivity (Wildman–Crippen MR) is 53.2 cm³/mol. The Morgan fingerprint density at radius 2 is 2.00 bits per heavy atom. The van der Waals surface area contributed by atoms with Gasteiger partial charge in [-0.1, -0.05) is 32.6 Å². The first-order chi connectivity index (χ1) is 5.18. The molecule has 0 amide bonds. The number of carboxylic acid groups (broad SMARTS) is 1. The molecule has 1 atom stereocenters. The van der Waals surface area contributed by atoms with Crippen LogP contribution in [0.4, 0.5) is 0 Å². The van der Waals surface area contributed by atoms with Gasteiger partial charge >= 0.3 is 35.5 Å². The number of unbranched alkanes of at least 4 members (excludes halogenated alkanes) is 3. The summed E-state index contributed by atoms with van der Waals surface area (Å²) in [5.74, 6) is -0.900. The number of carboxylic acids is 1. The van der Waals surface area contributed by atoms with Crippen LogP contribution >= 0.6 is 11.6 Å². The maximum absolute atomic E-state index is 10.2. The van der Waals surface area contributed by atoms with Crippen molar-refractivity contribution in [2.75, 3.05) is 0 Å². The topological polar surface area (TPSA) is 37.3 Å². The molecule has 0 aromatic heterocycles. The van der Waals surface area contributed by atoms with Crippen molar-refractivity contribution in [1.29, 1.82) is 0 Å². The summed E-state index contributed by atoms with van der Waals surface area (Å²) in [7, 11) is 0. The molecule has 0 aromatic carbocycles. The van der Waals surface area contributed by atoms with Crippen LogP contribution in [-0.2, 0) is 4.79 Å². The Balaban J connectivity index is 0. The van der Waals surface area contributed by atoms with Crippen molar-refractivity contribution < 1.29 is 9.90 Å². The third kappa shape index (κ3) is 8.85. The molecule has 2 nitrogen and oxygen atoms in total. The quantitative estimate of drug-likeness (QED) is 0.407. The molecule has 0 bridgehead atoms. The van der Waals surface area contributed by atoms with Gasteiger partial charge in [-0.05, 0) is 6.42 Å². The van der Waals surface area contributed by atoms with Crippen molar-refractivity contribution in [2.45, 2.75) is 44.4 Å². The van der Waals surface area contributed by atoms with Gasteiger partial charge in [-0.25, -0.2) is 0 Å². The first-order valence-electron chi connectivity index (χ1n) is 4.05. The molecule has 0 rings (SSSR count). The third-order valence-electron chi connectivity index (χ3n) is 1.58. The fourth-order valence-electron chi connectivity index (χ4n) is 0.874. The minimum atomic E-state index is -0.900. The Morgan fingerprint density at radius 1 is 1.42 bits per heavy atom. The molecule has 0 saturated heterocycles. The number of hydrogen-bond donors (Lipinski definition) is 1. The Morgan fingerprint density at radius 3 is 2.42 bits per heavy atom. The molecular weight excluding hydrogens is 187 g/mol. The molecule has 0 aliphatic rings. The summed E-state index contributed by atoms with van der Waals surface area (Å²) in [6.45, 7) is 2.12. The average Bonchev–Trinajstić information content (AvgIpc) is 1.97. The minimum absolute atomic E-state index is 0. The Bertz CT molecular complexity index is 120. The van der Waals surface area contributed by atoms with Gasteiger partial charge in [0, 0.05) is 0 Å². The molecule has 0 aliphatic heterocycles. The van der Waals surface area contributed by atoms with Crippen LogP contribution < -0.4 is 0 Å². The van der Waals surface area contributed by atoms with Crippen molar-refractivity contribution in [3.05, 3.63) is 0 Å². The van der Waals surface area contributed by atoms with E-state index in [0.717, 1.165) is 12.8 Å². The van der Waals surface area contributed by atoms with E-state index in [2.05, 4.69) is 6.92 Å². The molecule has 12 heavy (non-hydrogen) atoms. The molecule has 1 unspecified atom stereocenters. The Kier molecular flexibility index (Phi) is 12.5. The van der Waals surface area contributed by atoms with Gasteiger partial charge in [0.15, 0.2) is 0 Å². The van der Waals surface area contributed by atoms with Crippen LogP contribution in [-0.4, -0.2) is 46.0 Å². The second-order valence-electron chi connectivity index (χ2n) is 2.66. The van der Waals surface area contributed by atoms with Crippen LogP contribution in [0.3, 0.4) is 0 Å². The van der Waals surface area contributed by atoms with Gasteiger partial charge in [-0.15, -0.1) is 11.6 Å². The zero-order chi connectivity index (χ0) is 8.69. The third-order valence-corrected chi connectivity index (χ3v) is 1.98. The van der Waals surface area contributed by atoms with Crippen LogP contribution in [0.15, 0.2) is 0 Å². The summed E-state index contributed by atoms with van der Waals surface area (Å²) < 4.78 is 0. The standard InChI is InChI=1S/C8H15ClO2.Na.H/c1-2-3-4-5-6-7(9)8(10)11;;/h7H,2-6H2,1H3,(H,10,11);;. The van der Waals surface area contributed by atoms with Gasteiger partial charge in [0.1, 0.15) is 5.38 Å². The number of carbonyl (C=O) groups is 1. The molecule has 0 radical (unpaired) electrons. The van der Waals surface area contributed by atoms with Gasteiger partial charge in [-0.3, -0.25) is 4.79 Å². The molecule has 0 heterocycles. The molecule has 0 saturated carbocycles. The summed E-state index contributed by atoms with van der Waals surface area (Å²) in [6, 6.07) is 0. The molecule has 0 spiro atoms. The normalized spacial score (nSPS) is 11.8. The molecule has 4 heteroatoms. The average molecular weight is 203 g/mol. The first kappa shape index (κ1) is 15.2. The SMILES string of the molecule is CCCCCCC(Cl)C(=O)O.[NaH]. The van der Waals surface area contributed by atoms with E-state index in [4.69, 9.17) is 16.7 Å². The van der Waals surface area contributed by atoms with E-state index in [1.807, 2.05) is 0 Å². The van der Waals surface area contributed by atoms with Gasteiger partial charge in [0.05, 0.1) is 0 Å². The number of aliphatic carboxylic acids is 1. The van der Waals surface area contributed by atoms with Crippen LogP contribution in [0.5, 0.6) is 0 Å². The molecule has 68 valence electrons. The van der Waals surface area contributed by atoms with Gasteiger partial charge in [0.2, 0.25) is 0 Å². The second-order valence-corrected chi connectivity index (χ2v) is 3.18. The summed E-state index contributed by atoms with van der Waals surface area (Å²) >= 11 is 5.50.